The molecule has 2 aromatic carbocycles. The van der Waals surface area contributed by atoms with Gasteiger partial charge in [0.05, 0.1) is 12.5 Å². The molecule has 0 bridgehead atoms. The number of amides is 2. The van der Waals surface area contributed by atoms with Crippen molar-refractivity contribution in [1.29, 1.82) is 0 Å². The van der Waals surface area contributed by atoms with Crippen molar-refractivity contribution in [3.05, 3.63) is 65.2 Å². The molecule has 0 aromatic heterocycles. The van der Waals surface area contributed by atoms with Crippen molar-refractivity contribution < 1.29 is 9.59 Å². The van der Waals surface area contributed by atoms with Crippen LogP contribution in [0.15, 0.2) is 54.6 Å². The number of hydrogen-bond donors (Lipinski definition) is 2. The summed E-state index contributed by atoms with van der Waals surface area (Å²) >= 11 is 6.18. The fourth-order valence-electron chi connectivity index (χ4n) is 2.86. The van der Waals surface area contributed by atoms with Crippen LogP contribution in [0.25, 0.3) is 0 Å². The molecule has 1 aliphatic rings. The van der Waals surface area contributed by atoms with Gasteiger partial charge in [-0.2, -0.15) is 0 Å². The van der Waals surface area contributed by atoms with Gasteiger partial charge in [0.15, 0.2) is 0 Å². The molecule has 0 aliphatic carbocycles. The maximum absolute atomic E-state index is 12.7. The standard InChI is InChI=1S/C19H20ClN3O2/c20-16-9-5-4-6-14(16)13-23-11-10-21-17(19(23)25)12-18(24)22-15-7-2-1-3-8-15/h1-9,17,21H,10-13H2,(H,22,24). The highest BCUT2D eigenvalue weighted by Crippen LogP contribution is 2.19. The van der Waals surface area contributed by atoms with Gasteiger partial charge in [0.25, 0.3) is 0 Å². The Morgan fingerprint density at radius 2 is 1.88 bits per heavy atom. The fraction of sp³-hybridized carbons (Fsp3) is 0.263. The van der Waals surface area contributed by atoms with E-state index in [1.165, 1.54) is 0 Å². The topological polar surface area (TPSA) is 61.4 Å². The number of carbonyl (C=O) groups is 2. The normalized spacial score (nSPS) is 17.4. The number of para-hydroxylation sites is 1. The number of hydrogen-bond acceptors (Lipinski definition) is 3. The van der Waals surface area contributed by atoms with Crippen molar-refractivity contribution in [2.24, 2.45) is 0 Å². The first kappa shape index (κ1) is 17.5. The number of benzene rings is 2. The Bertz CT molecular complexity index is 751. The third-order valence-electron chi connectivity index (χ3n) is 4.15. The summed E-state index contributed by atoms with van der Waals surface area (Å²) in [6.07, 6.45) is 0.104. The lowest BCUT2D eigenvalue weighted by atomic mass is 10.1. The van der Waals surface area contributed by atoms with E-state index in [1.54, 1.807) is 4.90 Å². The number of rotatable bonds is 5. The molecule has 0 spiro atoms. The van der Waals surface area contributed by atoms with Crippen molar-refractivity contribution in [3.63, 3.8) is 0 Å². The number of nitrogens with one attached hydrogen (secondary N) is 2. The molecular weight excluding hydrogens is 338 g/mol. The summed E-state index contributed by atoms with van der Waals surface area (Å²) in [7, 11) is 0. The van der Waals surface area contributed by atoms with E-state index >= 15 is 0 Å². The van der Waals surface area contributed by atoms with Crippen molar-refractivity contribution in [2.75, 3.05) is 18.4 Å². The second kappa shape index (κ2) is 8.14. The average Bonchev–Trinajstić information content (AvgIpc) is 2.61. The largest absolute Gasteiger partial charge is 0.336 e. The van der Waals surface area contributed by atoms with Crippen molar-refractivity contribution in [1.82, 2.24) is 10.2 Å². The second-order valence-corrected chi connectivity index (χ2v) is 6.38. The lowest BCUT2D eigenvalue weighted by molar-refractivity contribution is -0.138. The molecule has 1 aliphatic heterocycles. The van der Waals surface area contributed by atoms with Crippen LogP contribution in [-0.2, 0) is 16.1 Å². The van der Waals surface area contributed by atoms with Gasteiger partial charge in [0.1, 0.15) is 0 Å². The summed E-state index contributed by atoms with van der Waals surface area (Å²) in [5, 5.41) is 6.59. The molecule has 1 unspecified atom stereocenters. The molecule has 2 aromatic rings. The molecule has 0 radical (unpaired) electrons. The Balaban J connectivity index is 1.60. The zero-order valence-electron chi connectivity index (χ0n) is 13.7. The summed E-state index contributed by atoms with van der Waals surface area (Å²) in [6, 6.07) is 16.2. The van der Waals surface area contributed by atoms with Gasteiger partial charge in [-0.3, -0.25) is 9.59 Å². The Hall–Kier alpha value is -2.37. The lowest BCUT2D eigenvalue weighted by Crippen LogP contribution is -2.55. The van der Waals surface area contributed by atoms with Crippen LogP contribution in [0.5, 0.6) is 0 Å². The van der Waals surface area contributed by atoms with Crippen LogP contribution in [-0.4, -0.2) is 35.8 Å². The highest BCUT2D eigenvalue weighted by molar-refractivity contribution is 6.31. The van der Waals surface area contributed by atoms with Crippen LogP contribution in [0.2, 0.25) is 5.02 Å². The third kappa shape index (κ3) is 4.59. The van der Waals surface area contributed by atoms with Crippen LogP contribution in [0, 0.1) is 0 Å². The van der Waals surface area contributed by atoms with Gasteiger partial charge in [-0.15, -0.1) is 0 Å². The summed E-state index contributed by atoms with van der Waals surface area (Å²) in [5.41, 5.74) is 1.63. The molecule has 1 saturated heterocycles. The number of piperazine rings is 1. The molecule has 130 valence electrons. The number of halogens is 1. The summed E-state index contributed by atoms with van der Waals surface area (Å²) in [4.78, 5) is 26.6. The SMILES string of the molecule is O=C(CC1NCCN(Cc2ccccc2Cl)C1=O)Nc1ccccc1. The predicted octanol–water partition coefficient (Wildman–Crippen LogP) is 2.67. The van der Waals surface area contributed by atoms with Gasteiger partial charge in [-0.05, 0) is 23.8 Å². The lowest BCUT2D eigenvalue weighted by Gasteiger charge is -2.33. The Labute approximate surface area is 152 Å². The fourth-order valence-corrected chi connectivity index (χ4v) is 3.05. The maximum atomic E-state index is 12.7. The van der Waals surface area contributed by atoms with E-state index in [0.29, 0.717) is 24.7 Å². The van der Waals surface area contributed by atoms with Gasteiger partial charge in [0, 0.05) is 30.3 Å². The molecule has 6 heteroatoms. The Morgan fingerprint density at radius 1 is 1.16 bits per heavy atom. The molecule has 3 rings (SSSR count). The van der Waals surface area contributed by atoms with Crippen LogP contribution < -0.4 is 10.6 Å². The number of anilines is 1. The zero-order chi connectivity index (χ0) is 17.6. The quantitative estimate of drug-likeness (QED) is 0.864. The minimum atomic E-state index is -0.514. The van der Waals surface area contributed by atoms with Gasteiger partial charge < -0.3 is 15.5 Å². The molecule has 5 nitrogen and oxygen atoms in total. The third-order valence-corrected chi connectivity index (χ3v) is 4.52. The van der Waals surface area contributed by atoms with Crippen molar-refractivity contribution >= 4 is 29.1 Å². The number of carbonyl (C=O) groups excluding carboxylic acids is 2. The van der Waals surface area contributed by atoms with Gasteiger partial charge >= 0.3 is 0 Å². The smallest absolute Gasteiger partial charge is 0.240 e. The Morgan fingerprint density at radius 3 is 2.64 bits per heavy atom. The molecule has 2 amide bonds. The highest BCUT2D eigenvalue weighted by atomic mass is 35.5. The number of nitrogens with zero attached hydrogens (tertiary/aromatic N) is 1. The van der Waals surface area contributed by atoms with Crippen molar-refractivity contribution in [2.45, 2.75) is 19.0 Å². The van der Waals surface area contributed by atoms with Crippen LogP contribution in [0.4, 0.5) is 5.69 Å². The van der Waals surface area contributed by atoms with Crippen LogP contribution in [0.1, 0.15) is 12.0 Å². The van der Waals surface area contributed by atoms with Gasteiger partial charge in [0.2, 0.25) is 11.8 Å². The first-order valence-corrected chi connectivity index (χ1v) is 8.62. The first-order valence-electron chi connectivity index (χ1n) is 8.24. The summed E-state index contributed by atoms with van der Waals surface area (Å²) in [6.45, 7) is 1.71. The predicted molar refractivity (Wildman–Crippen MR) is 98.3 cm³/mol. The van der Waals surface area contributed by atoms with Crippen molar-refractivity contribution in [3.8, 4) is 0 Å². The van der Waals surface area contributed by atoms with E-state index in [4.69, 9.17) is 11.6 Å². The van der Waals surface area contributed by atoms with E-state index in [0.717, 1.165) is 11.3 Å². The molecule has 1 fully saturated rings. The van der Waals surface area contributed by atoms with Crippen LogP contribution >= 0.6 is 11.6 Å². The van der Waals surface area contributed by atoms with Gasteiger partial charge in [-0.1, -0.05) is 48.0 Å². The van der Waals surface area contributed by atoms with E-state index in [2.05, 4.69) is 10.6 Å². The average molecular weight is 358 g/mol. The van der Waals surface area contributed by atoms with Crippen LogP contribution in [0.3, 0.4) is 0 Å². The summed E-state index contributed by atoms with van der Waals surface area (Å²) < 4.78 is 0. The van der Waals surface area contributed by atoms with E-state index in [1.807, 2.05) is 54.6 Å². The molecule has 1 atom stereocenters. The zero-order valence-corrected chi connectivity index (χ0v) is 14.5. The molecule has 2 N–H and O–H groups in total. The van der Waals surface area contributed by atoms with Gasteiger partial charge in [-0.25, -0.2) is 0 Å². The maximum Gasteiger partial charge on any atom is 0.240 e. The minimum absolute atomic E-state index is 0.0746. The monoisotopic (exact) mass is 357 g/mol. The van der Waals surface area contributed by atoms with E-state index in [-0.39, 0.29) is 18.2 Å². The first-order chi connectivity index (χ1) is 12.1. The molecular formula is C19H20ClN3O2. The minimum Gasteiger partial charge on any atom is -0.336 e. The Kier molecular flexibility index (Phi) is 5.68. The van der Waals surface area contributed by atoms with E-state index in [9.17, 15) is 9.59 Å². The highest BCUT2D eigenvalue weighted by Gasteiger charge is 2.30. The molecule has 25 heavy (non-hydrogen) atoms. The molecule has 1 heterocycles. The summed E-state index contributed by atoms with van der Waals surface area (Å²) in [5.74, 6) is -0.258. The second-order valence-electron chi connectivity index (χ2n) is 5.98. The van der Waals surface area contributed by atoms with E-state index < -0.39 is 6.04 Å². The molecule has 0 saturated carbocycles.